The fourth-order valence-electron chi connectivity index (χ4n) is 2.19. The summed E-state index contributed by atoms with van der Waals surface area (Å²) in [5.74, 6) is -0.458. The maximum Gasteiger partial charge on any atom is 0.261 e. The van der Waals surface area contributed by atoms with Crippen LogP contribution in [-0.4, -0.2) is 17.1 Å². The number of halogens is 1. The summed E-state index contributed by atoms with van der Waals surface area (Å²) in [7, 11) is 0. The van der Waals surface area contributed by atoms with Crippen LogP contribution >= 0.6 is 11.3 Å². The molecule has 2 rings (SSSR count). The average molecular weight is 321 g/mol. The van der Waals surface area contributed by atoms with Gasteiger partial charge in [-0.3, -0.25) is 4.79 Å². The molecule has 3 nitrogen and oxygen atoms in total. The molecule has 0 saturated heterocycles. The van der Waals surface area contributed by atoms with Crippen LogP contribution in [0.1, 0.15) is 45.1 Å². The molecule has 1 aromatic carbocycles. The van der Waals surface area contributed by atoms with E-state index in [0.717, 1.165) is 10.4 Å². The zero-order valence-electron chi connectivity index (χ0n) is 12.9. The highest BCUT2D eigenvalue weighted by atomic mass is 32.1. The predicted octanol–water partition coefficient (Wildman–Crippen LogP) is 3.75. The first-order chi connectivity index (χ1) is 10.4. The third kappa shape index (κ3) is 4.15. The van der Waals surface area contributed by atoms with Gasteiger partial charge in [-0.1, -0.05) is 12.1 Å². The minimum atomic E-state index is -0.734. The molecular weight excluding hydrogens is 301 g/mol. The van der Waals surface area contributed by atoms with Crippen LogP contribution in [0.25, 0.3) is 0 Å². The molecule has 0 aliphatic rings. The number of hydrogen-bond acceptors (Lipinski definition) is 3. The lowest BCUT2D eigenvalue weighted by Crippen LogP contribution is -2.33. The molecule has 22 heavy (non-hydrogen) atoms. The molecule has 0 saturated carbocycles. The zero-order valence-corrected chi connectivity index (χ0v) is 13.7. The fraction of sp³-hybridized carbons (Fsp3) is 0.353. The second kappa shape index (κ2) is 7.03. The minimum absolute atomic E-state index is 0.125. The Bertz CT molecular complexity index is 632. The fourth-order valence-corrected chi connectivity index (χ4v) is 3.13. The van der Waals surface area contributed by atoms with Gasteiger partial charge < -0.3 is 10.4 Å². The third-order valence-electron chi connectivity index (χ3n) is 3.60. The molecule has 1 heterocycles. The van der Waals surface area contributed by atoms with Crippen LogP contribution in [0.15, 0.2) is 30.3 Å². The number of aliphatic hydroxyl groups excluding tert-OH is 1. The van der Waals surface area contributed by atoms with Gasteiger partial charge in [-0.15, -0.1) is 11.3 Å². The molecule has 0 bridgehead atoms. The van der Waals surface area contributed by atoms with E-state index in [-0.39, 0.29) is 17.8 Å². The van der Waals surface area contributed by atoms with Crippen molar-refractivity contribution in [2.75, 3.05) is 0 Å². The normalized spacial score (nSPS) is 13.7. The highest BCUT2D eigenvalue weighted by Crippen LogP contribution is 2.22. The van der Waals surface area contributed by atoms with Crippen molar-refractivity contribution >= 4 is 17.2 Å². The number of nitrogens with one attached hydrogen (secondary N) is 1. The summed E-state index contributed by atoms with van der Waals surface area (Å²) in [5.41, 5.74) is 1.75. The van der Waals surface area contributed by atoms with Gasteiger partial charge in [0, 0.05) is 10.9 Å². The Kier molecular flexibility index (Phi) is 5.32. The lowest BCUT2D eigenvalue weighted by Gasteiger charge is -2.18. The molecule has 118 valence electrons. The summed E-state index contributed by atoms with van der Waals surface area (Å²) in [6, 6.07) is 7.44. The van der Waals surface area contributed by atoms with Gasteiger partial charge in [-0.05, 0) is 56.5 Å². The maximum atomic E-state index is 12.9. The SMILES string of the molecule is Cc1cc(C(=O)NC(C)CC(O)c2ccc(F)cc2)sc1C. The van der Waals surface area contributed by atoms with Crippen molar-refractivity contribution in [3.63, 3.8) is 0 Å². The number of carbonyl (C=O) groups excluding carboxylic acids is 1. The third-order valence-corrected chi connectivity index (χ3v) is 4.75. The molecule has 5 heteroatoms. The molecular formula is C17H20FNO2S. The molecule has 0 spiro atoms. The number of amides is 1. The Labute approximate surface area is 133 Å². The number of aliphatic hydroxyl groups is 1. The Morgan fingerprint density at radius 1 is 1.32 bits per heavy atom. The first kappa shape index (κ1) is 16.6. The highest BCUT2D eigenvalue weighted by molar-refractivity contribution is 7.14. The molecule has 0 fully saturated rings. The quantitative estimate of drug-likeness (QED) is 0.881. The molecule has 2 unspecified atom stereocenters. The number of benzene rings is 1. The lowest BCUT2D eigenvalue weighted by molar-refractivity contribution is 0.0921. The first-order valence-corrected chi connectivity index (χ1v) is 8.00. The second-order valence-electron chi connectivity index (χ2n) is 5.53. The number of carbonyl (C=O) groups is 1. The van der Waals surface area contributed by atoms with E-state index in [1.165, 1.54) is 23.5 Å². The van der Waals surface area contributed by atoms with Gasteiger partial charge in [-0.25, -0.2) is 4.39 Å². The zero-order chi connectivity index (χ0) is 16.3. The van der Waals surface area contributed by atoms with Crippen LogP contribution in [0.4, 0.5) is 4.39 Å². The maximum absolute atomic E-state index is 12.9. The molecule has 2 N–H and O–H groups in total. The summed E-state index contributed by atoms with van der Waals surface area (Å²) < 4.78 is 12.9. The van der Waals surface area contributed by atoms with Crippen molar-refractivity contribution in [1.82, 2.24) is 5.32 Å². The number of hydrogen-bond donors (Lipinski definition) is 2. The van der Waals surface area contributed by atoms with Gasteiger partial charge in [-0.2, -0.15) is 0 Å². The monoisotopic (exact) mass is 321 g/mol. The summed E-state index contributed by atoms with van der Waals surface area (Å²) in [6.07, 6.45) is -0.358. The van der Waals surface area contributed by atoms with Crippen LogP contribution < -0.4 is 5.32 Å². The van der Waals surface area contributed by atoms with Crippen molar-refractivity contribution in [3.05, 3.63) is 57.0 Å². The summed E-state index contributed by atoms with van der Waals surface area (Å²) in [5, 5.41) is 13.0. The lowest BCUT2D eigenvalue weighted by atomic mass is 10.0. The van der Waals surface area contributed by atoms with E-state index in [9.17, 15) is 14.3 Å². The molecule has 1 aromatic heterocycles. The minimum Gasteiger partial charge on any atom is -0.388 e. The molecule has 2 atom stereocenters. The van der Waals surface area contributed by atoms with Gasteiger partial charge in [0.25, 0.3) is 5.91 Å². The Hall–Kier alpha value is -1.72. The van der Waals surface area contributed by atoms with Gasteiger partial charge >= 0.3 is 0 Å². The Morgan fingerprint density at radius 3 is 2.50 bits per heavy atom. The van der Waals surface area contributed by atoms with Crippen molar-refractivity contribution in [2.45, 2.75) is 39.3 Å². The Balaban J connectivity index is 1.93. The molecule has 0 aliphatic heterocycles. The van der Waals surface area contributed by atoms with Crippen molar-refractivity contribution in [2.24, 2.45) is 0 Å². The molecule has 0 aliphatic carbocycles. The van der Waals surface area contributed by atoms with E-state index in [2.05, 4.69) is 5.32 Å². The van der Waals surface area contributed by atoms with Crippen LogP contribution in [0.3, 0.4) is 0 Å². The molecule has 1 amide bonds. The van der Waals surface area contributed by atoms with E-state index in [1.54, 1.807) is 12.1 Å². The second-order valence-corrected chi connectivity index (χ2v) is 6.78. The Morgan fingerprint density at radius 2 is 1.95 bits per heavy atom. The number of aryl methyl sites for hydroxylation is 2. The summed E-state index contributed by atoms with van der Waals surface area (Å²) >= 11 is 1.47. The van der Waals surface area contributed by atoms with Crippen molar-refractivity contribution < 1.29 is 14.3 Å². The largest absolute Gasteiger partial charge is 0.388 e. The van der Waals surface area contributed by atoms with E-state index in [4.69, 9.17) is 0 Å². The van der Waals surface area contributed by atoms with Crippen LogP contribution in [0.2, 0.25) is 0 Å². The summed E-state index contributed by atoms with van der Waals surface area (Å²) in [6.45, 7) is 5.81. The van der Waals surface area contributed by atoms with E-state index < -0.39 is 6.10 Å². The standard InChI is InChI=1S/C17H20FNO2S/c1-10-8-16(22-12(10)3)17(21)19-11(2)9-15(20)13-4-6-14(18)7-5-13/h4-8,11,15,20H,9H2,1-3H3,(H,19,21). The van der Waals surface area contributed by atoms with Crippen molar-refractivity contribution in [3.8, 4) is 0 Å². The molecule has 2 aromatic rings. The topological polar surface area (TPSA) is 49.3 Å². The highest BCUT2D eigenvalue weighted by Gasteiger charge is 2.17. The van der Waals surface area contributed by atoms with E-state index in [0.29, 0.717) is 16.9 Å². The smallest absolute Gasteiger partial charge is 0.261 e. The van der Waals surface area contributed by atoms with Crippen molar-refractivity contribution in [1.29, 1.82) is 0 Å². The summed E-state index contributed by atoms with van der Waals surface area (Å²) in [4.78, 5) is 14.0. The predicted molar refractivity (Wildman–Crippen MR) is 86.7 cm³/mol. The first-order valence-electron chi connectivity index (χ1n) is 7.18. The number of thiophene rings is 1. The number of rotatable bonds is 5. The van der Waals surface area contributed by atoms with Crippen LogP contribution in [0, 0.1) is 19.7 Å². The molecule has 0 radical (unpaired) electrons. The van der Waals surface area contributed by atoms with Gasteiger partial charge in [0.15, 0.2) is 0 Å². The van der Waals surface area contributed by atoms with Crippen LogP contribution in [-0.2, 0) is 0 Å². The van der Waals surface area contributed by atoms with E-state index in [1.807, 2.05) is 26.8 Å². The van der Waals surface area contributed by atoms with Crippen LogP contribution in [0.5, 0.6) is 0 Å². The van der Waals surface area contributed by atoms with Gasteiger partial charge in [0.1, 0.15) is 5.82 Å². The van der Waals surface area contributed by atoms with E-state index >= 15 is 0 Å². The van der Waals surface area contributed by atoms with Gasteiger partial charge in [0.05, 0.1) is 11.0 Å². The van der Waals surface area contributed by atoms with Gasteiger partial charge in [0.2, 0.25) is 0 Å². The average Bonchev–Trinajstić information content (AvgIpc) is 2.79.